The van der Waals surface area contributed by atoms with Crippen molar-refractivity contribution in [3.8, 4) is 0 Å². The van der Waals surface area contributed by atoms with Gasteiger partial charge in [0.2, 0.25) is 0 Å². The van der Waals surface area contributed by atoms with Crippen molar-refractivity contribution in [3.05, 3.63) is 94.1 Å². The van der Waals surface area contributed by atoms with Crippen LogP contribution in [0.5, 0.6) is 0 Å². The summed E-state index contributed by atoms with van der Waals surface area (Å²) in [5.41, 5.74) is 13.5. The van der Waals surface area contributed by atoms with E-state index in [1.54, 1.807) is 16.7 Å². The largest absolute Gasteiger partial charge is 0.0946 e. The number of benzene rings is 2. The van der Waals surface area contributed by atoms with E-state index in [9.17, 15) is 0 Å². The smallest absolute Gasteiger partial charge is 0.0314 e. The highest BCUT2D eigenvalue weighted by molar-refractivity contribution is 5.90. The Bertz CT molecular complexity index is 937. The molecule has 2 aromatic carbocycles. The van der Waals surface area contributed by atoms with Crippen LogP contribution in [0.1, 0.15) is 60.8 Å². The van der Waals surface area contributed by atoms with Crippen LogP contribution in [-0.4, -0.2) is 0 Å². The third-order valence-corrected chi connectivity index (χ3v) is 6.40. The van der Waals surface area contributed by atoms with Crippen LogP contribution in [0.25, 0.3) is 11.1 Å². The second kappa shape index (κ2) is 5.59. The normalized spacial score (nSPS) is 21.5. The van der Waals surface area contributed by atoms with Gasteiger partial charge in [-0.2, -0.15) is 0 Å². The number of hydrogen-bond donors (Lipinski definition) is 0. The molecule has 0 fully saturated rings. The Hall–Kier alpha value is -2.34. The summed E-state index contributed by atoms with van der Waals surface area (Å²) in [6.07, 6.45) is 6.18. The van der Waals surface area contributed by atoms with E-state index in [1.165, 1.54) is 59.1 Å². The Morgan fingerprint density at radius 3 is 2.52 bits per heavy atom. The molecule has 0 heteroatoms. The van der Waals surface area contributed by atoms with E-state index in [1.807, 2.05) is 0 Å². The van der Waals surface area contributed by atoms with Gasteiger partial charge in [-0.05, 0) is 83.6 Å². The molecule has 0 saturated heterocycles. The van der Waals surface area contributed by atoms with E-state index in [2.05, 4.69) is 62.0 Å². The highest BCUT2D eigenvalue weighted by atomic mass is 14.4. The van der Waals surface area contributed by atoms with Gasteiger partial charge in [-0.15, -0.1) is 0 Å². The molecule has 3 aliphatic rings. The third kappa shape index (κ3) is 2.13. The lowest BCUT2D eigenvalue weighted by Gasteiger charge is -2.31. The highest BCUT2D eigenvalue weighted by Crippen LogP contribution is 2.57. The summed E-state index contributed by atoms with van der Waals surface area (Å²) >= 11 is 0. The van der Waals surface area contributed by atoms with Crippen molar-refractivity contribution in [2.24, 2.45) is 0 Å². The fourth-order valence-electron chi connectivity index (χ4n) is 5.20. The fraction of sp³-hybridized carbons (Fsp3) is 0.280. The van der Waals surface area contributed by atoms with Crippen LogP contribution in [0, 0.1) is 0 Å². The van der Waals surface area contributed by atoms with Gasteiger partial charge in [0.25, 0.3) is 0 Å². The van der Waals surface area contributed by atoms with Crippen molar-refractivity contribution < 1.29 is 0 Å². The van der Waals surface area contributed by atoms with Gasteiger partial charge in [-0.25, -0.2) is 0 Å². The average molecular weight is 324 g/mol. The maximum absolute atomic E-state index is 4.63. The first kappa shape index (κ1) is 15.0. The molecule has 0 nitrogen and oxygen atoms in total. The standard InChI is InChI=1S/C25H24/c1-16-19-13-8-14-22-20-11-6-7-12-21(20)24(25(19)22)17(2)23(16)15-18-9-4-3-5-10-18/h3-5,8-10,13-14,24H,2,6-7,11-12,15H2,1H3. The Morgan fingerprint density at radius 2 is 1.68 bits per heavy atom. The minimum atomic E-state index is 0.448. The molecule has 0 aliphatic heterocycles. The van der Waals surface area contributed by atoms with E-state index in [0.717, 1.165) is 6.42 Å². The summed E-state index contributed by atoms with van der Waals surface area (Å²) < 4.78 is 0. The first-order valence-electron chi connectivity index (χ1n) is 9.54. The maximum atomic E-state index is 4.63. The Balaban J connectivity index is 1.68. The molecule has 0 radical (unpaired) electrons. The molecule has 25 heavy (non-hydrogen) atoms. The van der Waals surface area contributed by atoms with Crippen molar-refractivity contribution in [2.75, 3.05) is 0 Å². The molecule has 0 bridgehead atoms. The molecular weight excluding hydrogens is 300 g/mol. The monoisotopic (exact) mass is 324 g/mol. The second-order valence-corrected chi connectivity index (χ2v) is 7.70. The van der Waals surface area contributed by atoms with Gasteiger partial charge in [0.1, 0.15) is 0 Å². The minimum absolute atomic E-state index is 0.448. The number of allylic oxidation sites excluding steroid dienone is 5. The molecule has 0 aromatic heterocycles. The Morgan fingerprint density at radius 1 is 0.920 bits per heavy atom. The van der Waals surface area contributed by atoms with Gasteiger partial charge >= 0.3 is 0 Å². The van der Waals surface area contributed by atoms with Crippen molar-refractivity contribution in [3.63, 3.8) is 0 Å². The zero-order chi connectivity index (χ0) is 17.0. The molecule has 0 spiro atoms. The predicted molar refractivity (Wildman–Crippen MR) is 106 cm³/mol. The molecule has 0 N–H and O–H groups in total. The quantitative estimate of drug-likeness (QED) is 0.576. The van der Waals surface area contributed by atoms with Crippen LogP contribution in [0.2, 0.25) is 0 Å². The molecule has 0 saturated carbocycles. The summed E-state index contributed by atoms with van der Waals surface area (Å²) in [5.74, 6) is 0.448. The van der Waals surface area contributed by atoms with Crippen molar-refractivity contribution in [2.45, 2.75) is 44.9 Å². The first-order valence-corrected chi connectivity index (χ1v) is 9.54. The van der Waals surface area contributed by atoms with Gasteiger partial charge in [0, 0.05) is 5.92 Å². The molecule has 0 heterocycles. The Kier molecular flexibility index (Phi) is 3.35. The fourth-order valence-corrected chi connectivity index (χ4v) is 5.20. The van der Waals surface area contributed by atoms with Gasteiger partial charge in [-0.3, -0.25) is 0 Å². The van der Waals surface area contributed by atoms with Gasteiger partial charge in [0.15, 0.2) is 0 Å². The summed E-state index contributed by atoms with van der Waals surface area (Å²) in [4.78, 5) is 0. The topological polar surface area (TPSA) is 0 Å². The third-order valence-electron chi connectivity index (χ3n) is 6.40. The molecular formula is C25H24. The van der Waals surface area contributed by atoms with Crippen LogP contribution in [-0.2, 0) is 6.42 Å². The van der Waals surface area contributed by atoms with Crippen LogP contribution in [0.4, 0.5) is 0 Å². The molecule has 3 aliphatic carbocycles. The molecule has 5 rings (SSSR count). The van der Waals surface area contributed by atoms with Gasteiger partial charge < -0.3 is 0 Å². The lowest BCUT2D eigenvalue weighted by molar-refractivity contribution is 0.690. The minimum Gasteiger partial charge on any atom is -0.0946 e. The van der Waals surface area contributed by atoms with Crippen LogP contribution < -0.4 is 0 Å². The SMILES string of the molecule is C=C1C(Cc2ccccc2)=C(C)c2cccc3c2C1C1=C3CCCC1. The lowest BCUT2D eigenvalue weighted by atomic mass is 9.72. The van der Waals surface area contributed by atoms with Crippen molar-refractivity contribution in [1.29, 1.82) is 0 Å². The summed E-state index contributed by atoms with van der Waals surface area (Å²) in [5, 5.41) is 0. The number of fused-ring (bicyclic) bond motifs is 2. The lowest BCUT2D eigenvalue weighted by Crippen LogP contribution is -2.15. The molecule has 1 unspecified atom stereocenters. The van der Waals surface area contributed by atoms with E-state index in [-0.39, 0.29) is 0 Å². The van der Waals surface area contributed by atoms with E-state index < -0.39 is 0 Å². The van der Waals surface area contributed by atoms with Gasteiger partial charge in [0.05, 0.1) is 0 Å². The molecule has 1 atom stereocenters. The summed E-state index contributed by atoms with van der Waals surface area (Å²) in [6.45, 7) is 6.92. The zero-order valence-electron chi connectivity index (χ0n) is 14.9. The number of rotatable bonds is 2. The summed E-state index contributed by atoms with van der Waals surface area (Å²) in [6, 6.07) is 17.8. The molecule has 2 aromatic rings. The zero-order valence-corrected chi connectivity index (χ0v) is 14.9. The van der Waals surface area contributed by atoms with E-state index in [4.69, 9.17) is 0 Å². The Labute approximate surface area is 150 Å². The molecule has 0 amide bonds. The van der Waals surface area contributed by atoms with Crippen LogP contribution >= 0.6 is 0 Å². The highest BCUT2D eigenvalue weighted by Gasteiger charge is 2.39. The number of hydrogen-bond acceptors (Lipinski definition) is 0. The maximum Gasteiger partial charge on any atom is 0.0314 e. The summed E-state index contributed by atoms with van der Waals surface area (Å²) in [7, 11) is 0. The van der Waals surface area contributed by atoms with Crippen molar-refractivity contribution in [1.82, 2.24) is 0 Å². The van der Waals surface area contributed by atoms with Crippen LogP contribution in [0.3, 0.4) is 0 Å². The predicted octanol–water partition coefficient (Wildman–Crippen LogP) is 6.70. The second-order valence-electron chi connectivity index (χ2n) is 7.70. The van der Waals surface area contributed by atoms with Gasteiger partial charge in [-0.1, -0.05) is 60.7 Å². The molecule has 124 valence electrons. The van der Waals surface area contributed by atoms with Crippen molar-refractivity contribution >= 4 is 11.1 Å². The van der Waals surface area contributed by atoms with E-state index in [0.29, 0.717) is 5.92 Å². The average Bonchev–Trinajstić information content (AvgIpc) is 3.00. The van der Waals surface area contributed by atoms with Crippen LogP contribution in [0.15, 0.2) is 71.8 Å². The van der Waals surface area contributed by atoms with E-state index >= 15 is 0 Å². The first-order chi connectivity index (χ1) is 12.3.